The maximum atomic E-state index is 12.6. The molecule has 5 heteroatoms. The van der Waals surface area contributed by atoms with Crippen LogP contribution >= 0.6 is 0 Å². The molecule has 1 aliphatic carbocycles. The smallest absolute Gasteiger partial charge is 0.270 e. The number of hydrogen-bond acceptors (Lipinski definition) is 3. The lowest BCUT2D eigenvalue weighted by Crippen LogP contribution is -2.48. The van der Waals surface area contributed by atoms with Crippen LogP contribution in [0.3, 0.4) is 0 Å². The third-order valence-corrected chi connectivity index (χ3v) is 4.16. The van der Waals surface area contributed by atoms with E-state index in [2.05, 4.69) is 4.57 Å². The molecule has 2 aliphatic rings. The fourth-order valence-corrected chi connectivity index (χ4v) is 2.77. The van der Waals surface area contributed by atoms with Gasteiger partial charge in [-0.15, -0.1) is 0 Å². The molecule has 19 heavy (non-hydrogen) atoms. The van der Waals surface area contributed by atoms with Crippen LogP contribution < -0.4 is 5.73 Å². The lowest BCUT2D eigenvalue weighted by atomic mass is 9.93. The first kappa shape index (κ1) is 12.7. The molecule has 0 bridgehead atoms. The van der Waals surface area contributed by atoms with Crippen molar-refractivity contribution in [1.82, 2.24) is 9.47 Å². The van der Waals surface area contributed by atoms with E-state index in [-0.39, 0.29) is 12.0 Å². The number of morpholine rings is 1. The predicted octanol–water partition coefficient (Wildman–Crippen LogP) is 1.01. The average Bonchev–Trinajstić information content (AvgIpc) is 2.85. The summed E-state index contributed by atoms with van der Waals surface area (Å²) < 4.78 is 7.65. The highest BCUT2D eigenvalue weighted by Gasteiger charge is 2.28. The summed E-state index contributed by atoms with van der Waals surface area (Å²) >= 11 is 0. The molecular formula is C14H21N3O2. The Balaban J connectivity index is 1.74. The summed E-state index contributed by atoms with van der Waals surface area (Å²) in [6.07, 6.45) is 5.64. The Hall–Kier alpha value is -1.33. The molecule has 1 saturated heterocycles. The third-order valence-electron chi connectivity index (χ3n) is 4.16. The summed E-state index contributed by atoms with van der Waals surface area (Å²) in [7, 11) is 0. The van der Waals surface area contributed by atoms with Gasteiger partial charge in [-0.25, -0.2) is 0 Å². The predicted molar refractivity (Wildman–Crippen MR) is 72.0 cm³/mol. The van der Waals surface area contributed by atoms with E-state index in [9.17, 15) is 4.79 Å². The van der Waals surface area contributed by atoms with Gasteiger partial charge in [0.05, 0.1) is 12.7 Å². The molecule has 3 rings (SSSR count). The lowest BCUT2D eigenvalue weighted by molar-refractivity contribution is -0.0172. The molecule has 1 aromatic heterocycles. The van der Waals surface area contributed by atoms with Crippen molar-refractivity contribution < 1.29 is 9.53 Å². The number of nitrogens with zero attached hydrogens (tertiary/aromatic N) is 2. The molecule has 1 aliphatic heterocycles. The van der Waals surface area contributed by atoms with Gasteiger partial charge in [0.2, 0.25) is 0 Å². The van der Waals surface area contributed by atoms with Gasteiger partial charge in [0, 0.05) is 31.9 Å². The SMILES string of the molecule is NCC1CN(C(=O)c2cccn2C2CCC2)CCO1. The fraction of sp³-hybridized carbons (Fsp3) is 0.643. The first-order chi connectivity index (χ1) is 9.29. The zero-order chi connectivity index (χ0) is 13.2. The number of aromatic nitrogens is 1. The number of ether oxygens (including phenoxy) is 1. The van der Waals surface area contributed by atoms with Gasteiger partial charge in [-0.2, -0.15) is 0 Å². The Morgan fingerprint density at radius 3 is 3.00 bits per heavy atom. The maximum Gasteiger partial charge on any atom is 0.270 e. The number of hydrogen-bond donors (Lipinski definition) is 1. The largest absolute Gasteiger partial charge is 0.373 e. The molecule has 2 heterocycles. The molecule has 2 N–H and O–H groups in total. The van der Waals surface area contributed by atoms with Crippen LogP contribution in [0.25, 0.3) is 0 Å². The average molecular weight is 263 g/mol. The van der Waals surface area contributed by atoms with Crippen LogP contribution in [0, 0.1) is 0 Å². The van der Waals surface area contributed by atoms with Crippen molar-refractivity contribution in [1.29, 1.82) is 0 Å². The summed E-state index contributed by atoms with van der Waals surface area (Å²) in [4.78, 5) is 14.5. The van der Waals surface area contributed by atoms with Gasteiger partial charge in [0.1, 0.15) is 5.69 Å². The summed E-state index contributed by atoms with van der Waals surface area (Å²) in [5.74, 6) is 0.110. The molecule has 1 unspecified atom stereocenters. The van der Waals surface area contributed by atoms with Crippen molar-refractivity contribution in [3.05, 3.63) is 24.0 Å². The number of carbonyl (C=O) groups excluding carboxylic acids is 1. The van der Waals surface area contributed by atoms with Gasteiger partial charge < -0.3 is 19.9 Å². The van der Waals surface area contributed by atoms with Crippen molar-refractivity contribution in [2.45, 2.75) is 31.4 Å². The third kappa shape index (κ3) is 2.40. The van der Waals surface area contributed by atoms with E-state index < -0.39 is 0 Å². The Kier molecular flexibility index (Phi) is 3.57. The Morgan fingerprint density at radius 1 is 1.47 bits per heavy atom. The fourth-order valence-electron chi connectivity index (χ4n) is 2.77. The normalized spacial score (nSPS) is 24.3. The topological polar surface area (TPSA) is 60.5 Å². The second-order valence-corrected chi connectivity index (χ2v) is 5.37. The summed E-state index contributed by atoms with van der Waals surface area (Å²) in [5.41, 5.74) is 6.43. The standard InChI is InChI=1S/C14H21N3O2/c15-9-12-10-16(7-8-19-12)14(18)13-5-2-6-17(13)11-3-1-4-11/h2,5-6,11-12H,1,3-4,7-10,15H2. The van der Waals surface area contributed by atoms with Crippen molar-refractivity contribution in [3.63, 3.8) is 0 Å². The molecular weight excluding hydrogens is 242 g/mol. The number of carbonyl (C=O) groups is 1. The molecule has 0 aromatic carbocycles. The van der Waals surface area contributed by atoms with Crippen LogP contribution in [-0.4, -0.2) is 47.7 Å². The van der Waals surface area contributed by atoms with Gasteiger partial charge in [-0.05, 0) is 31.4 Å². The van der Waals surface area contributed by atoms with Crippen LogP contribution in [0.4, 0.5) is 0 Å². The molecule has 0 radical (unpaired) electrons. The van der Waals surface area contributed by atoms with E-state index in [4.69, 9.17) is 10.5 Å². The van der Waals surface area contributed by atoms with E-state index in [1.54, 1.807) is 0 Å². The maximum absolute atomic E-state index is 12.6. The van der Waals surface area contributed by atoms with Crippen LogP contribution in [0.15, 0.2) is 18.3 Å². The number of rotatable bonds is 3. The zero-order valence-electron chi connectivity index (χ0n) is 11.1. The van der Waals surface area contributed by atoms with Gasteiger partial charge in [-0.1, -0.05) is 0 Å². The summed E-state index contributed by atoms with van der Waals surface area (Å²) in [5, 5.41) is 0. The van der Waals surface area contributed by atoms with Gasteiger partial charge in [0.15, 0.2) is 0 Å². The van der Waals surface area contributed by atoms with Gasteiger partial charge >= 0.3 is 0 Å². The van der Waals surface area contributed by atoms with Crippen LogP contribution in [0.2, 0.25) is 0 Å². The minimum absolute atomic E-state index is 0.0233. The first-order valence-corrected chi connectivity index (χ1v) is 7.07. The van der Waals surface area contributed by atoms with Crippen molar-refractivity contribution >= 4 is 5.91 Å². The van der Waals surface area contributed by atoms with E-state index in [1.165, 1.54) is 19.3 Å². The van der Waals surface area contributed by atoms with E-state index in [0.29, 0.717) is 32.3 Å². The molecule has 1 aromatic rings. The van der Waals surface area contributed by atoms with Crippen molar-refractivity contribution in [3.8, 4) is 0 Å². The van der Waals surface area contributed by atoms with Crippen LogP contribution in [0.1, 0.15) is 35.8 Å². The second kappa shape index (κ2) is 5.35. The Bertz CT molecular complexity index is 453. The van der Waals surface area contributed by atoms with E-state index in [0.717, 1.165) is 5.69 Å². The van der Waals surface area contributed by atoms with E-state index in [1.807, 2.05) is 23.2 Å². The highest BCUT2D eigenvalue weighted by atomic mass is 16.5. The number of amides is 1. The van der Waals surface area contributed by atoms with Crippen LogP contribution in [0.5, 0.6) is 0 Å². The molecule has 104 valence electrons. The molecule has 1 amide bonds. The highest BCUT2D eigenvalue weighted by Crippen LogP contribution is 2.33. The molecule has 2 fully saturated rings. The summed E-state index contributed by atoms with van der Waals surface area (Å²) in [6, 6.07) is 4.40. The minimum Gasteiger partial charge on any atom is -0.373 e. The molecule has 0 spiro atoms. The Morgan fingerprint density at radius 2 is 2.32 bits per heavy atom. The quantitative estimate of drug-likeness (QED) is 0.885. The van der Waals surface area contributed by atoms with Crippen LogP contribution in [-0.2, 0) is 4.74 Å². The van der Waals surface area contributed by atoms with Crippen molar-refractivity contribution in [2.75, 3.05) is 26.2 Å². The van der Waals surface area contributed by atoms with Crippen molar-refractivity contribution in [2.24, 2.45) is 5.73 Å². The Labute approximate surface area is 113 Å². The number of nitrogens with two attached hydrogens (primary N) is 1. The summed E-state index contributed by atoms with van der Waals surface area (Å²) in [6.45, 7) is 2.31. The second-order valence-electron chi connectivity index (χ2n) is 5.37. The minimum atomic E-state index is -0.0233. The monoisotopic (exact) mass is 263 g/mol. The zero-order valence-corrected chi connectivity index (χ0v) is 11.1. The lowest BCUT2D eigenvalue weighted by Gasteiger charge is -2.34. The highest BCUT2D eigenvalue weighted by molar-refractivity contribution is 5.93. The molecule has 1 saturated carbocycles. The van der Waals surface area contributed by atoms with Gasteiger partial charge in [0.25, 0.3) is 5.91 Å². The molecule has 5 nitrogen and oxygen atoms in total. The first-order valence-electron chi connectivity index (χ1n) is 7.07. The van der Waals surface area contributed by atoms with Gasteiger partial charge in [-0.3, -0.25) is 4.79 Å². The van der Waals surface area contributed by atoms with E-state index >= 15 is 0 Å². The molecule has 1 atom stereocenters.